The van der Waals surface area contributed by atoms with Gasteiger partial charge in [0.05, 0.1) is 10.8 Å². The van der Waals surface area contributed by atoms with Crippen LogP contribution in [-0.4, -0.2) is 84.2 Å². The Bertz CT molecular complexity index is 1640. The van der Waals surface area contributed by atoms with Gasteiger partial charge in [0, 0.05) is 47.4 Å². The second-order valence-corrected chi connectivity index (χ2v) is 22.1. The third kappa shape index (κ3) is 5.09. The van der Waals surface area contributed by atoms with E-state index >= 15 is 0 Å². The van der Waals surface area contributed by atoms with Crippen molar-refractivity contribution < 1.29 is 18.3 Å². The molecular weight excluding hydrogens is 657 g/mol. The molecule has 1 spiro atoms. The van der Waals surface area contributed by atoms with Crippen molar-refractivity contribution in [2.45, 2.75) is 145 Å². The number of sulfone groups is 1. The molecule has 2 aliphatic heterocycles. The Hall–Kier alpha value is -1.52. The Balaban J connectivity index is 1.02. The fraction of sp³-hybridized carbons (Fsp3) is 0.833. The topological polar surface area (TPSA) is 135 Å². The smallest absolute Gasteiger partial charge is 0.335 e. The van der Waals surface area contributed by atoms with E-state index in [-0.39, 0.29) is 38.2 Å². The van der Waals surface area contributed by atoms with E-state index < -0.39 is 15.8 Å². The van der Waals surface area contributed by atoms with Gasteiger partial charge in [0.25, 0.3) is 0 Å². The number of likely N-dealkylation sites (tertiary alicyclic amines) is 1. The zero-order chi connectivity index (χ0) is 36.4. The lowest BCUT2D eigenvalue weighted by molar-refractivity contribution is -0.179. The molecule has 9 heteroatoms. The summed E-state index contributed by atoms with van der Waals surface area (Å²) in [6, 6.07) is 7.71. The Morgan fingerprint density at radius 1 is 0.941 bits per heavy atom. The number of carboxylic acid groups (broad SMARTS) is 1. The molecule has 2 saturated heterocycles. The fourth-order valence-corrected chi connectivity index (χ4v) is 16.2. The molecule has 11 atom stereocenters. The highest BCUT2D eigenvalue weighted by Crippen LogP contribution is 2.78. The zero-order valence-electron chi connectivity index (χ0n) is 32.3. The number of fused-ring (bicyclic) bond motifs is 6. The molecular formula is C42H66N4O4S. The summed E-state index contributed by atoms with van der Waals surface area (Å²) in [7, 11) is -2.95. The number of hydrogen-bond acceptors (Lipinski definition) is 7. The van der Waals surface area contributed by atoms with Crippen molar-refractivity contribution in [3.63, 3.8) is 0 Å². The first-order chi connectivity index (χ1) is 23.9. The van der Waals surface area contributed by atoms with Crippen LogP contribution in [0.4, 0.5) is 0 Å². The number of nitrogens with one attached hydrogen (secondary N) is 2. The molecule has 0 aromatic heterocycles. The predicted octanol–water partition coefficient (Wildman–Crippen LogP) is 6.21. The molecule has 5 aliphatic carbocycles. The third-order valence-electron chi connectivity index (χ3n) is 17.9. The van der Waals surface area contributed by atoms with Crippen LogP contribution < -0.4 is 16.4 Å². The van der Waals surface area contributed by atoms with Gasteiger partial charge in [0.1, 0.15) is 9.84 Å². The first kappa shape index (κ1) is 36.5. The van der Waals surface area contributed by atoms with Gasteiger partial charge in [-0.3, -0.25) is 0 Å². The lowest BCUT2D eigenvalue weighted by atomic mass is 9.35. The summed E-state index contributed by atoms with van der Waals surface area (Å²) >= 11 is 0. The van der Waals surface area contributed by atoms with E-state index in [2.05, 4.69) is 62.3 Å². The van der Waals surface area contributed by atoms with Gasteiger partial charge in [0.2, 0.25) is 0 Å². The van der Waals surface area contributed by atoms with E-state index in [4.69, 9.17) is 5.73 Å². The maximum atomic E-state index is 12.1. The van der Waals surface area contributed by atoms with E-state index in [1.54, 1.807) is 12.1 Å². The molecule has 8 nitrogen and oxygen atoms in total. The van der Waals surface area contributed by atoms with Gasteiger partial charge in [-0.15, -0.1) is 0 Å². The number of rotatable bonds is 8. The Kier molecular flexibility index (Phi) is 8.57. The van der Waals surface area contributed by atoms with E-state index in [1.807, 2.05) is 0 Å². The number of carboxylic acids is 1. The third-order valence-corrected chi connectivity index (χ3v) is 19.6. The summed E-state index contributed by atoms with van der Waals surface area (Å²) < 4.78 is 24.3. The van der Waals surface area contributed by atoms with Gasteiger partial charge >= 0.3 is 5.97 Å². The number of aromatic carboxylic acids is 1. The maximum absolute atomic E-state index is 12.1. The van der Waals surface area contributed by atoms with Gasteiger partial charge in [0.15, 0.2) is 0 Å². The Morgan fingerprint density at radius 3 is 2.29 bits per heavy atom. The zero-order valence-corrected chi connectivity index (χ0v) is 33.1. The maximum Gasteiger partial charge on any atom is 0.335 e. The van der Waals surface area contributed by atoms with E-state index in [9.17, 15) is 18.3 Å². The molecule has 1 aromatic carbocycles. The highest BCUT2D eigenvalue weighted by molar-refractivity contribution is 7.91. The molecule has 51 heavy (non-hydrogen) atoms. The minimum Gasteiger partial charge on any atom is -0.478 e. The number of hydrogen-bond donors (Lipinski definition) is 4. The Morgan fingerprint density at radius 2 is 1.65 bits per heavy atom. The van der Waals surface area contributed by atoms with Crippen LogP contribution in [0.25, 0.3) is 0 Å². The monoisotopic (exact) mass is 722 g/mol. The van der Waals surface area contributed by atoms with Gasteiger partial charge in [-0.05, 0) is 155 Å². The van der Waals surface area contributed by atoms with Crippen molar-refractivity contribution >= 4 is 15.8 Å². The second-order valence-electron chi connectivity index (χ2n) is 19.8. The van der Waals surface area contributed by atoms with Crippen LogP contribution in [0.2, 0.25) is 0 Å². The molecule has 0 radical (unpaired) electrons. The average molecular weight is 723 g/mol. The van der Waals surface area contributed by atoms with Crippen LogP contribution >= 0.6 is 0 Å². The average Bonchev–Trinajstić information content (AvgIpc) is 3.55. The van der Waals surface area contributed by atoms with Crippen molar-refractivity contribution in [3.05, 3.63) is 35.4 Å². The quantitative estimate of drug-likeness (QED) is 0.233. The number of benzene rings is 1. The minimum absolute atomic E-state index is 0.0184. The molecule has 1 aromatic rings. The van der Waals surface area contributed by atoms with Crippen LogP contribution in [0.15, 0.2) is 24.3 Å². The molecule has 2 heterocycles. The van der Waals surface area contributed by atoms with Crippen LogP contribution in [-0.2, 0) is 9.84 Å². The van der Waals surface area contributed by atoms with Crippen molar-refractivity contribution in [3.8, 4) is 0 Å². The van der Waals surface area contributed by atoms with Gasteiger partial charge < -0.3 is 26.4 Å². The minimum atomic E-state index is -2.95. The van der Waals surface area contributed by atoms with Gasteiger partial charge in [-0.25, -0.2) is 13.2 Å². The first-order valence-electron chi connectivity index (χ1n) is 20.5. The van der Waals surface area contributed by atoms with E-state index in [0.29, 0.717) is 41.1 Å². The van der Waals surface area contributed by atoms with Gasteiger partial charge in [-0.2, -0.15) is 0 Å². The largest absolute Gasteiger partial charge is 0.478 e. The molecule has 7 fully saturated rings. The summed E-state index contributed by atoms with van der Waals surface area (Å²) in [5.41, 5.74) is 10.1. The fourth-order valence-electron chi connectivity index (χ4n) is 15.1. The summed E-state index contributed by atoms with van der Waals surface area (Å²) in [5.74, 6) is 2.57. The second kappa shape index (κ2) is 12.0. The molecule has 0 amide bonds. The van der Waals surface area contributed by atoms with Crippen molar-refractivity contribution in [2.75, 3.05) is 32.4 Å². The molecule has 284 valence electrons. The summed E-state index contributed by atoms with van der Waals surface area (Å²) in [5, 5.41) is 17.8. The first-order valence-corrected chi connectivity index (χ1v) is 22.5. The standard InChI is InChI=1S/C42H66N4O4S/c1-27(2)31-13-18-40(44-23-26-46-24-15-30(16-25-46)51(6,49)50)20-21-41(43)33(35(31)40)11-12-34-37(41,3)19-22-42-38(34,4)17-14-32(39(42,5)45-42)28-7-9-29(10-8-28)36(47)48/h7-10,27,30-35,44-45H,11-26,43H2,1-6H3,(H,47,48)/t31-,32-,33+,34?,35+,37+,38+,39?,40-,41-,42-/m0/s1. The van der Waals surface area contributed by atoms with Crippen molar-refractivity contribution in [1.29, 1.82) is 0 Å². The molecule has 7 aliphatic rings. The Labute approximate surface area is 307 Å². The number of carbonyl (C=O) groups is 1. The molecule has 8 rings (SSSR count). The molecule has 2 unspecified atom stereocenters. The normalized spacial score (nSPS) is 46.8. The van der Waals surface area contributed by atoms with Crippen molar-refractivity contribution in [1.82, 2.24) is 15.5 Å². The lowest BCUT2D eigenvalue weighted by Gasteiger charge is -2.71. The lowest BCUT2D eigenvalue weighted by Crippen LogP contribution is -2.76. The highest BCUT2D eigenvalue weighted by Gasteiger charge is 2.82. The summed E-state index contributed by atoms with van der Waals surface area (Å²) in [6.07, 6.45) is 14.9. The SMILES string of the molecule is CC(C)[C@@H]1CC[C@]2(NCCN3CCC(S(C)(=O)=O)CC3)CC[C@]3(N)[C@H](CCC4[C@@]3(C)CC[C@@]35NC3(C)[C@H](c3ccc(C(=O)O)cc3)CC[C@]45C)[C@@H]12. The van der Waals surface area contributed by atoms with Crippen LogP contribution in [0.5, 0.6) is 0 Å². The molecule has 5 N–H and O–H groups in total. The van der Waals surface area contributed by atoms with E-state index in [0.717, 1.165) is 51.9 Å². The summed E-state index contributed by atoms with van der Waals surface area (Å²) in [6.45, 7) is 16.3. The van der Waals surface area contributed by atoms with E-state index in [1.165, 1.54) is 63.2 Å². The summed E-state index contributed by atoms with van der Waals surface area (Å²) in [4.78, 5) is 14.1. The van der Waals surface area contributed by atoms with Crippen LogP contribution in [0.3, 0.4) is 0 Å². The number of nitrogens with two attached hydrogens (primary N) is 1. The number of nitrogens with zero attached hydrogens (tertiary/aromatic N) is 1. The van der Waals surface area contributed by atoms with Crippen LogP contribution in [0, 0.1) is 40.4 Å². The molecule has 0 bridgehead atoms. The predicted molar refractivity (Wildman–Crippen MR) is 204 cm³/mol. The highest BCUT2D eigenvalue weighted by atomic mass is 32.2. The number of piperidine rings is 1. The van der Waals surface area contributed by atoms with Gasteiger partial charge in [-0.1, -0.05) is 39.8 Å². The van der Waals surface area contributed by atoms with Crippen molar-refractivity contribution in [2.24, 2.45) is 46.2 Å². The van der Waals surface area contributed by atoms with Crippen LogP contribution in [0.1, 0.15) is 134 Å². The molecule has 5 saturated carbocycles.